The Kier molecular flexibility index (Phi) is 5.40. The molecule has 0 aliphatic heterocycles. The van der Waals surface area contributed by atoms with Crippen molar-refractivity contribution in [1.82, 2.24) is 0 Å². The number of carbonyl (C=O) groups is 3. The molecule has 0 amide bonds. The van der Waals surface area contributed by atoms with Gasteiger partial charge in [0.2, 0.25) is 23.1 Å². The van der Waals surface area contributed by atoms with Gasteiger partial charge in [-0.15, -0.1) is 0 Å². The van der Waals surface area contributed by atoms with Crippen molar-refractivity contribution in [2.45, 2.75) is 20.8 Å². The van der Waals surface area contributed by atoms with Crippen LogP contribution in [0.15, 0.2) is 82.7 Å². The molecule has 0 radical (unpaired) electrons. The van der Waals surface area contributed by atoms with E-state index in [1.807, 2.05) is 32.9 Å². The summed E-state index contributed by atoms with van der Waals surface area (Å²) in [6.45, 7) is 5.76. The lowest BCUT2D eigenvalue weighted by Gasteiger charge is -2.17. The minimum Gasteiger partial charge on any atom is -0.506 e. The lowest BCUT2D eigenvalue weighted by Crippen LogP contribution is -2.26. The van der Waals surface area contributed by atoms with Crippen LogP contribution in [0.5, 0.6) is 0 Å². The number of esters is 1. The Morgan fingerprint density at radius 2 is 1.28 bits per heavy atom. The van der Waals surface area contributed by atoms with Crippen molar-refractivity contribution in [3.8, 4) is 0 Å². The SMILES string of the molecule is Cc1cc(C)c(N=C2C(C(=O)OC3=C(O)C(=O)c4ccccc4C3=O)=C(O)c3ccccc32)c(C)c1. The summed E-state index contributed by atoms with van der Waals surface area (Å²) < 4.78 is 5.30. The smallest absolute Gasteiger partial charge is 0.349 e. The molecular weight excluding hydrogens is 458 g/mol. The molecule has 0 unspecified atom stereocenters. The highest BCUT2D eigenvalue weighted by Gasteiger charge is 2.39. The number of aliphatic hydroxyl groups excluding tert-OH is 2. The molecule has 0 saturated carbocycles. The number of aliphatic hydroxyl groups is 2. The first-order valence-corrected chi connectivity index (χ1v) is 11.2. The Balaban J connectivity index is 1.61. The molecule has 0 aromatic heterocycles. The lowest BCUT2D eigenvalue weighted by atomic mass is 9.92. The summed E-state index contributed by atoms with van der Waals surface area (Å²) >= 11 is 0. The van der Waals surface area contributed by atoms with Gasteiger partial charge in [0.25, 0.3) is 0 Å². The summed E-state index contributed by atoms with van der Waals surface area (Å²) in [7, 11) is 0. The highest BCUT2D eigenvalue weighted by atomic mass is 16.5. The van der Waals surface area contributed by atoms with Crippen LogP contribution >= 0.6 is 0 Å². The van der Waals surface area contributed by atoms with Crippen molar-refractivity contribution in [2.24, 2.45) is 4.99 Å². The highest BCUT2D eigenvalue weighted by molar-refractivity contribution is 6.36. The number of nitrogens with zero attached hydrogens (tertiary/aromatic N) is 1. The summed E-state index contributed by atoms with van der Waals surface area (Å²) in [6, 6.07) is 16.7. The van der Waals surface area contributed by atoms with Crippen molar-refractivity contribution < 1.29 is 29.3 Å². The maximum Gasteiger partial charge on any atom is 0.349 e. The van der Waals surface area contributed by atoms with Gasteiger partial charge in [0.05, 0.1) is 11.4 Å². The van der Waals surface area contributed by atoms with Crippen molar-refractivity contribution in [1.29, 1.82) is 0 Å². The van der Waals surface area contributed by atoms with E-state index in [9.17, 15) is 24.6 Å². The number of ketones is 2. The molecule has 0 fully saturated rings. The lowest BCUT2D eigenvalue weighted by molar-refractivity contribution is -0.134. The first kappa shape index (κ1) is 23.0. The zero-order valence-corrected chi connectivity index (χ0v) is 19.7. The highest BCUT2D eigenvalue weighted by Crippen LogP contribution is 2.36. The number of hydrogen-bond donors (Lipinski definition) is 2. The molecular formula is C29H21NO6. The van der Waals surface area contributed by atoms with Crippen LogP contribution in [-0.4, -0.2) is 33.5 Å². The standard InChI is InChI=1S/C29H21NO6/c1-14-12-15(2)22(16(3)13-14)30-23-17-8-4-5-9-18(17)24(31)21(23)29(35)36-28-26(33)20-11-7-6-10-19(20)25(32)27(28)34/h4-13,31,34H,1-3H3. The van der Waals surface area contributed by atoms with Gasteiger partial charge >= 0.3 is 5.97 Å². The minimum absolute atomic E-state index is 0.0100. The first-order valence-electron chi connectivity index (χ1n) is 11.2. The van der Waals surface area contributed by atoms with Crippen LogP contribution in [0.4, 0.5) is 5.69 Å². The molecule has 2 N–H and O–H groups in total. The molecule has 5 rings (SSSR count). The second kappa shape index (κ2) is 8.46. The molecule has 7 heteroatoms. The number of aryl methyl sites for hydroxylation is 3. The third kappa shape index (κ3) is 3.53. The van der Waals surface area contributed by atoms with Crippen LogP contribution in [0, 0.1) is 20.8 Å². The second-order valence-corrected chi connectivity index (χ2v) is 8.75. The number of rotatable bonds is 3. The van der Waals surface area contributed by atoms with E-state index >= 15 is 0 Å². The van der Waals surface area contributed by atoms with Crippen LogP contribution in [0.1, 0.15) is 48.5 Å². The number of hydrogen-bond acceptors (Lipinski definition) is 7. The number of carbonyl (C=O) groups excluding carboxylic acids is 3. The van der Waals surface area contributed by atoms with Gasteiger partial charge in [-0.1, -0.05) is 66.2 Å². The van der Waals surface area contributed by atoms with E-state index in [4.69, 9.17) is 9.73 Å². The predicted molar refractivity (Wildman–Crippen MR) is 134 cm³/mol. The number of allylic oxidation sites excluding steroid dienone is 2. The maximum absolute atomic E-state index is 13.4. The topological polar surface area (TPSA) is 113 Å². The summed E-state index contributed by atoms with van der Waals surface area (Å²) in [5.41, 5.74) is 4.25. The normalized spacial score (nSPS) is 15.9. The van der Waals surface area contributed by atoms with Crippen molar-refractivity contribution in [3.63, 3.8) is 0 Å². The number of aliphatic imine (C=N–C) groups is 1. The van der Waals surface area contributed by atoms with Gasteiger partial charge < -0.3 is 14.9 Å². The van der Waals surface area contributed by atoms with Gasteiger partial charge in [-0.05, 0) is 31.9 Å². The monoisotopic (exact) mass is 479 g/mol. The van der Waals surface area contributed by atoms with Crippen LogP contribution in [0.25, 0.3) is 5.76 Å². The van der Waals surface area contributed by atoms with E-state index < -0.39 is 29.1 Å². The molecule has 0 heterocycles. The molecule has 178 valence electrons. The molecule has 2 aliphatic carbocycles. The molecule has 0 spiro atoms. The van der Waals surface area contributed by atoms with Crippen molar-refractivity contribution >= 4 is 34.7 Å². The Labute approximate surface area is 206 Å². The Hall–Kier alpha value is -4.78. The molecule has 0 bridgehead atoms. The Morgan fingerprint density at radius 3 is 1.89 bits per heavy atom. The summed E-state index contributed by atoms with van der Waals surface area (Å²) in [5.74, 6) is -4.89. The summed E-state index contributed by atoms with van der Waals surface area (Å²) in [5, 5.41) is 21.4. The fourth-order valence-corrected chi connectivity index (χ4v) is 4.63. The van der Waals surface area contributed by atoms with E-state index in [1.165, 1.54) is 12.1 Å². The summed E-state index contributed by atoms with van der Waals surface area (Å²) in [6.07, 6.45) is 0. The average molecular weight is 479 g/mol. The number of Topliss-reactive ketones (excluding diaryl/α,β-unsaturated/α-hetero) is 2. The number of benzene rings is 3. The Morgan fingerprint density at radius 1 is 0.750 bits per heavy atom. The van der Waals surface area contributed by atoms with Crippen molar-refractivity contribution in [3.05, 3.63) is 117 Å². The Bertz CT molecular complexity index is 1580. The van der Waals surface area contributed by atoms with E-state index in [1.54, 1.807) is 36.4 Å². The third-order valence-corrected chi connectivity index (χ3v) is 6.22. The summed E-state index contributed by atoms with van der Waals surface area (Å²) in [4.78, 5) is 43.7. The molecule has 0 atom stereocenters. The number of ether oxygens (including phenoxy) is 1. The average Bonchev–Trinajstić information content (AvgIpc) is 3.14. The fourth-order valence-electron chi connectivity index (χ4n) is 4.63. The molecule has 7 nitrogen and oxygen atoms in total. The van der Waals surface area contributed by atoms with Crippen LogP contribution in [0.3, 0.4) is 0 Å². The fraction of sp³-hybridized carbons (Fsp3) is 0.103. The van der Waals surface area contributed by atoms with Gasteiger partial charge in [0.1, 0.15) is 11.3 Å². The van der Waals surface area contributed by atoms with Gasteiger partial charge in [-0.3, -0.25) is 9.59 Å². The maximum atomic E-state index is 13.4. The molecule has 3 aromatic rings. The zero-order chi connectivity index (χ0) is 25.7. The van der Waals surface area contributed by atoms with Gasteiger partial charge in [-0.25, -0.2) is 9.79 Å². The van der Waals surface area contributed by atoms with Crippen LogP contribution in [0.2, 0.25) is 0 Å². The molecule has 0 saturated heterocycles. The van der Waals surface area contributed by atoms with E-state index in [0.29, 0.717) is 16.8 Å². The van der Waals surface area contributed by atoms with Gasteiger partial charge in [0.15, 0.2) is 0 Å². The second-order valence-electron chi connectivity index (χ2n) is 8.75. The van der Waals surface area contributed by atoms with E-state index in [0.717, 1.165) is 16.7 Å². The molecule has 3 aromatic carbocycles. The first-order chi connectivity index (χ1) is 17.2. The third-order valence-electron chi connectivity index (χ3n) is 6.22. The minimum atomic E-state index is -1.12. The van der Waals surface area contributed by atoms with Gasteiger partial charge in [0, 0.05) is 22.3 Å². The van der Waals surface area contributed by atoms with E-state index in [-0.39, 0.29) is 28.2 Å². The largest absolute Gasteiger partial charge is 0.506 e. The van der Waals surface area contributed by atoms with Crippen molar-refractivity contribution in [2.75, 3.05) is 0 Å². The zero-order valence-electron chi connectivity index (χ0n) is 19.7. The molecule has 2 aliphatic rings. The predicted octanol–water partition coefficient (Wildman–Crippen LogP) is 5.41. The van der Waals surface area contributed by atoms with Crippen LogP contribution in [-0.2, 0) is 9.53 Å². The van der Waals surface area contributed by atoms with Gasteiger partial charge in [-0.2, -0.15) is 0 Å². The number of fused-ring (bicyclic) bond motifs is 2. The van der Waals surface area contributed by atoms with Crippen LogP contribution < -0.4 is 0 Å². The van der Waals surface area contributed by atoms with E-state index in [2.05, 4.69) is 0 Å². The molecule has 36 heavy (non-hydrogen) atoms. The quantitative estimate of drug-likeness (QED) is 0.486.